The Labute approximate surface area is 149 Å². The topological polar surface area (TPSA) is 26.3 Å². The van der Waals surface area contributed by atoms with Gasteiger partial charge in [-0.3, -0.25) is 0 Å². The van der Waals surface area contributed by atoms with Crippen LogP contribution in [-0.4, -0.2) is 5.97 Å². The van der Waals surface area contributed by atoms with E-state index in [1.54, 1.807) is 6.08 Å². The van der Waals surface area contributed by atoms with Crippen LogP contribution in [0.1, 0.15) is 36.8 Å². The van der Waals surface area contributed by atoms with Crippen molar-refractivity contribution in [2.24, 2.45) is 0 Å². The van der Waals surface area contributed by atoms with Crippen molar-refractivity contribution in [3.63, 3.8) is 0 Å². The van der Waals surface area contributed by atoms with Crippen molar-refractivity contribution in [1.29, 1.82) is 0 Å². The number of esters is 1. The summed E-state index contributed by atoms with van der Waals surface area (Å²) in [4.78, 5) is 12.4. The Hall–Kier alpha value is -2.87. The average Bonchev–Trinajstić information content (AvgIpc) is 2.67. The number of ether oxygens (including phenoxy) is 1. The zero-order valence-corrected chi connectivity index (χ0v) is 14.3. The van der Waals surface area contributed by atoms with E-state index >= 15 is 0 Å². The Morgan fingerprint density at radius 3 is 2.24 bits per heavy atom. The van der Waals surface area contributed by atoms with Crippen LogP contribution in [-0.2, 0) is 9.53 Å². The number of carbonyl (C=O) groups is 1. The summed E-state index contributed by atoms with van der Waals surface area (Å²) in [7, 11) is 0. The highest BCUT2D eigenvalue weighted by Gasteiger charge is 2.19. The van der Waals surface area contributed by atoms with E-state index in [0.717, 1.165) is 48.0 Å². The van der Waals surface area contributed by atoms with Gasteiger partial charge in [-0.05, 0) is 48.5 Å². The van der Waals surface area contributed by atoms with Crippen LogP contribution >= 0.6 is 0 Å². The second kappa shape index (κ2) is 8.29. The summed E-state index contributed by atoms with van der Waals surface area (Å²) in [6.45, 7) is 4.18. The van der Waals surface area contributed by atoms with E-state index in [-0.39, 0.29) is 5.97 Å². The maximum Gasteiger partial charge on any atom is 0.336 e. The smallest absolute Gasteiger partial charge is 0.336 e. The molecule has 25 heavy (non-hydrogen) atoms. The van der Waals surface area contributed by atoms with Gasteiger partial charge >= 0.3 is 5.97 Å². The van der Waals surface area contributed by atoms with E-state index in [9.17, 15) is 4.79 Å². The first-order chi connectivity index (χ1) is 12.2. The van der Waals surface area contributed by atoms with Gasteiger partial charge in [0.15, 0.2) is 0 Å². The van der Waals surface area contributed by atoms with Crippen molar-refractivity contribution in [3.8, 4) is 0 Å². The van der Waals surface area contributed by atoms with Gasteiger partial charge in [-0.1, -0.05) is 67.2 Å². The van der Waals surface area contributed by atoms with Gasteiger partial charge in [0.2, 0.25) is 0 Å². The van der Waals surface area contributed by atoms with E-state index in [1.165, 1.54) is 6.08 Å². The molecule has 0 radical (unpaired) electrons. The van der Waals surface area contributed by atoms with Crippen molar-refractivity contribution in [3.05, 3.63) is 95.6 Å². The summed E-state index contributed by atoms with van der Waals surface area (Å²) in [5, 5.41) is 0. The second-order valence-electron chi connectivity index (χ2n) is 6.15. The maximum absolute atomic E-state index is 12.4. The van der Waals surface area contributed by atoms with Crippen LogP contribution in [0.25, 0.3) is 11.8 Å². The minimum Gasteiger partial charge on any atom is -0.422 e. The minimum atomic E-state index is -0.367. The molecule has 1 aliphatic rings. The van der Waals surface area contributed by atoms with Gasteiger partial charge in [-0.25, -0.2) is 4.79 Å². The lowest BCUT2D eigenvalue weighted by molar-refractivity contribution is -0.131. The van der Waals surface area contributed by atoms with Crippen LogP contribution < -0.4 is 0 Å². The highest BCUT2D eigenvalue weighted by atomic mass is 16.5. The summed E-state index contributed by atoms with van der Waals surface area (Å²) >= 11 is 0. The van der Waals surface area contributed by atoms with E-state index in [2.05, 4.69) is 6.58 Å². The van der Waals surface area contributed by atoms with Crippen LogP contribution in [0.4, 0.5) is 0 Å². The van der Waals surface area contributed by atoms with Crippen LogP contribution in [0.15, 0.2) is 84.5 Å². The number of hydrogen-bond acceptors (Lipinski definition) is 2. The lowest BCUT2D eigenvalue weighted by Crippen LogP contribution is -2.07. The third-order valence-electron chi connectivity index (χ3n) is 4.31. The molecule has 2 aromatic rings. The van der Waals surface area contributed by atoms with Gasteiger partial charge in [0, 0.05) is 11.6 Å². The normalized spacial score (nSPS) is 16.7. The molecule has 0 bridgehead atoms. The molecule has 2 heteroatoms. The zero-order valence-electron chi connectivity index (χ0n) is 14.3. The lowest BCUT2D eigenvalue weighted by atomic mass is 9.88. The Kier molecular flexibility index (Phi) is 5.63. The minimum absolute atomic E-state index is 0.367. The molecule has 0 aromatic heterocycles. The first-order valence-corrected chi connectivity index (χ1v) is 8.66. The van der Waals surface area contributed by atoms with Crippen LogP contribution in [0.2, 0.25) is 0 Å². The summed E-state index contributed by atoms with van der Waals surface area (Å²) in [6, 6.07) is 19.5. The highest BCUT2D eigenvalue weighted by molar-refractivity contribution is 5.91. The molecule has 0 spiro atoms. The number of rotatable bonds is 4. The van der Waals surface area contributed by atoms with Crippen molar-refractivity contribution in [1.82, 2.24) is 0 Å². The third kappa shape index (κ3) is 4.57. The van der Waals surface area contributed by atoms with Crippen molar-refractivity contribution < 1.29 is 9.53 Å². The second-order valence-corrected chi connectivity index (χ2v) is 6.15. The highest BCUT2D eigenvalue weighted by Crippen LogP contribution is 2.34. The van der Waals surface area contributed by atoms with Gasteiger partial charge in [0.1, 0.15) is 5.76 Å². The summed E-state index contributed by atoms with van der Waals surface area (Å²) in [5.74, 6) is 0.279. The van der Waals surface area contributed by atoms with Crippen molar-refractivity contribution >= 4 is 17.8 Å². The Morgan fingerprint density at radius 2 is 1.56 bits per heavy atom. The van der Waals surface area contributed by atoms with Crippen molar-refractivity contribution in [2.45, 2.75) is 25.7 Å². The number of hydrogen-bond donors (Lipinski definition) is 0. The molecule has 1 aliphatic carbocycles. The molecule has 0 amide bonds. The molecule has 0 atom stereocenters. The maximum atomic E-state index is 12.4. The van der Waals surface area contributed by atoms with Gasteiger partial charge in [-0.2, -0.15) is 0 Å². The Bertz CT molecular complexity index is 799. The van der Waals surface area contributed by atoms with Gasteiger partial charge in [0.05, 0.1) is 0 Å². The monoisotopic (exact) mass is 330 g/mol. The fourth-order valence-corrected chi connectivity index (χ4v) is 2.99. The first kappa shape index (κ1) is 17.0. The fraction of sp³-hybridized carbons (Fsp3) is 0.174. The summed E-state index contributed by atoms with van der Waals surface area (Å²) in [6.07, 6.45) is 7.35. The molecule has 3 rings (SSSR count). The molecule has 2 nitrogen and oxygen atoms in total. The molecule has 1 saturated carbocycles. The average molecular weight is 330 g/mol. The molecule has 0 saturated heterocycles. The predicted octanol–water partition coefficient (Wildman–Crippen LogP) is 5.78. The van der Waals surface area contributed by atoms with E-state index < -0.39 is 0 Å². The fourth-order valence-electron chi connectivity index (χ4n) is 2.99. The molecule has 0 unspecified atom stereocenters. The zero-order chi connectivity index (χ0) is 17.5. The van der Waals surface area contributed by atoms with E-state index in [1.807, 2.05) is 60.7 Å². The largest absolute Gasteiger partial charge is 0.422 e. The standard InChI is InChI=1S/C23H22O2/c1-18-10-8-9-15-21(18)23(20-13-6-3-7-14-20)25-22(24)17-16-19-11-4-2-5-12-19/h2-7,11-14,16-17H,1,8-10,15H2/b17-16+,23-21+. The Balaban J connectivity index is 1.85. The molecule has 0 heterocycles. The third-order valence-corrected chi connectivity index (χ3v) is 4.31. The van der Waals surface area contributed by atoms with E-state index in [0.29, 0.717) is 5.76 Å². The van der Waals surface area contributed by atoms with Crippen LogP contribution in [0.5, 0.6) is 0 Å². The van der Waals surface area contributed by atoms with Gasteiger partial charge in [0.25, 0.3) is 0 Å². The Morgan fingerprint density at radius 1 is 0.920 bits per heavy atom. The molecule has 126 valence electrons. The number of carbonyl (C=O) groups excluding carboxylic acids is 1. The van der Waals surface area contributed by atoms with E-state index in [4.69, 9.17) is 4.74 Å². The number of benzene rings is 2. The summed E-state index contributed by atoms with van der Waals surface area (Å²) < 4.78 is 5.76. The molecular formula is C23H22O2. The predicted molar refractivity (Wildman–Crippen MR) is 103 cm³/mol. The van der Waals surface area contributed by atoms with Crippen LogP contribution in [0, 0.1) is 0 Å². The molecule has 2 aromatic carbocycles. The molecular weight excluding hydrogens is 308 g/mol. The SMILES string of the molecule is C=C1CCCC/C1=C(\OC(=O)/C=C/c1ccccc1)c1ccccc1. The van der Waals surface area contributed by atoms with Crippen LogP contribution in [0.3, 0.4) is 0 Å². The first-order valence-electron chi connectivity index (χ1n) is 8.66. The quantitative estimate of drug-likeness (QED) is 0.403. The summed E-state index contributed by atoms with van der Waals surface area (Å²) in [5.41, 5.74) is 4.03. The lowest BCUT2D eigenvalue weighted by Gasteiger charge is -2.21. The molecule has 1 fully saturated rings. The number of allylic oxidation sites excluding steroid dienone is 2. The molecule has 0 aliphatic heterocycles. The van der Waals surface area contributed by atoms with Gasteiger partial charge < -0.3 is 4.74 Å². The molecule has 0 N–H and O–H groups in total. The van der Waals surface area contributed by atoms with Crippen molar-refractivity contribution in [2.75, 3.05) is 0 Å². The van der Waals surface area contributed by atoms with Gasteiger partial charge in [-0.15, -0.1) is 0 Å².